The second kappa shape index (κ2) is 3.38. The van der Waals surface area contributed by atoms with Crippen molar-refractivity contribution in [2.24, 2.45) is 17.6 Å². The van der Waals surface area contributed by atoms with E-state index in [-0.39, 0.29) is 0 Å². The molecule has 1 fully saturated rings. The number of nitrogens with two attached hydrogens (primary N) is 1. The van der Waals surface area contributed by atoms with E-state index < -0.39 is 0 Å². The SMILES string of the molecule is CC[C@@H]1CC(N)C[C@H]1CC. The molecule has 10 heavy (non-hydrogen) atoms. The van der Waals surface area contributed by atoms with Gasteiger partial charge < -0.3 is 5.73 Å². The normalized spacial score (nSPS) is 35.1. The van der Waals surface area contributed by atoms with Crippen LogP contribution in [0.2, 0.25) is 0 Å². The van der Waals surface area contributed by atoms with Crippen molar-refractivity contribution in [3.8, 4) is 0 Å². The first-order valence-electron chi connectivity index (χ1n) is 4.53. The molecule has 1 saturated carbocycles. The monoisotopic (exact) mass is 141 g/mol. The lowest BCUT2D eigenvalue weighted by atomic mass is 9.92. The zero-order chi connectivity index (χ0) is 7.56. The maximum Gasteiger partial charge on any atom is 0.00443 e. The summed E-state index contributed by atoms with van der Waals surface area (Å²) in [6.45, 7) is 4.57. The first kappa shape index (κ1) is 8.06. The summed E-state index contributed by atoms with van der Waals surface area (Å²) in [7, 11) is 0. The van der Waals surface area contributed by atoms with Crippen molar-refractivity contribution >= 4 is 0 Å². The molecule has 1 nitrogen and oxygen atoms in total. The fourth-order valence-corrected chi connectivity index (χ4v) is 2.26. The van der Waals surface area contributed by atoms with Crippen LogP contribution in [0.5, 0.6) is 0 Å². The first-order valence-corrected chi connectivity index (χ1v) is 4.53. The largest absolute Gasteiger partial charge is 0.328 e. The third-order valence-corrected chi connectivity index (χ3v) is 2.93. The molecule has 0 spiro atoms. The summed E-state index contributed by atoms with van der Waals surface area (Å²) in [5, 5.41) is 0. The standard InChI is InChI=1S/C9H19N/c1-3-7-5-9(10)6-8(7)4-2/h7-9H,3-6,10H2,1-2H3/t7-,8-/m1/s1. The van der Waals surface area contributed by atoms with Crippen molar-refractivity contribution in [1.82, 2.24) is 0 Å². The van der Waals surface area contributed by atoms with Crippen LogP contribution in [0.1, 0.15) is 39.5 Å². The van der Waals surface area contributed by atoms with E-state index in [1.807, 2.05) is 0 Å². The third-order valence-electron chi connectivity index (χ3n) is 2.93. The summed E-state index contributed by atoms with van der Waals surface area (Å²) in [5.41, 5.74) is 5.87. The van der Waals surface area contributed by atoms with Crippen LogP contribution in [-0.2, 0) is 0 Å². The van der Waals surface area contributed by atoms with Gasteiger partial charge in [-0.1, -0.05) is 26.7 Å². The Bertz CT molecular complexity index is 88.9. The smallest absolute Gasteiger partial charge is 0.00443 e. The van der Waals surface area contributed by atoms with Gasteiger partial charge in [-0.15, -0.1) is 0 Å². The van der Waals surface area contributed by atoms with Crippen molar-refractivity contribution in [2.45, 2.75) is 45.6 Å². The van der Waals surface area contributed by atoms with Crippen LogP contribution < -0.4 is 5.73 Å². The molecule has 1 aliphatic carbocycles. The molecule has 60 valence electrons. The molecule has 0 aliphatic heterocycles. The molecule has 0 saturated heterocycles. The fourth-order valence-electron chi connectivity index (χ4n) is 2.26. The minimum Gasteiger partial charge on any atom is -0.328 e. The topological polar surface area (TPSA) is 26.0 Å². The molecule has 0 aromatic rings. The van der Waals surface area contributed by atoms with Gasteiger partial charge >= 0.3 is 0 Å². The van der Waals surface area contributed by atoms with Crippen molar-refractivity contribution in [3.63, 3.8) is 0 Å². The lowest BCUT2D eigenvalue weighted by Gasteiger charge is -2.14. The van der Waals surface area contributed by atoms with E-state index in [0.29, 0.717) is 6.04 Å². The Kier molecular flexibility index (Phi) is 2.72. The summed E-state index contributed by atoms with van der Waals surface area (Å²) < 4.78 is 0. The highest BCUT2D eigenvalue weighted by Gasteiger charge is 2.29. The highest BCUT2D eigenvalue weighted by Crippen LogP contribution is 2.35. The van der Waals surface area contributed by atoms with Crippen LogP contribution in [-0.4, -0.2) is 6.04 Å². The van der Waals surface area contributed by atoms with Crippen LogP contribution in [0.15, 0.2) is 0 Å². The van der Waals surface area contributed by atoms with Gasteiger partial charge in [-0.25, -0.2) is 0 Å². The predicted molar refractivity (Wildman–Crippen MR) is 44.8 cm³/mol. The zero-order valence-electron chi connectivity index (χ0n) is 7.14. The molecule has 2 atom stereocenters. The molecule has 1 aliphatic rings. The first-order chi connectivity index (χ1) is 4.77. The molecule has 0 bridgehead atoms. The van der Waals surface area contributed by atoms with Gasteiger partial charge in [0.2, 0.25) is 0 Å². The van der Waals surface area contributed by atoms with E-state index in [9.17, 15) is 0 Å². The highest BCUT2D eigenvalue weighted by atomic mass is 14.7. The molecule has 0 aromatic carbocycles. The van der Waals surface area contributed by atoms with Crippen LogP contribution in [0.3, 0.4) is 0 Å². The quantitative estimate of drug-likeness (QED) is 0.626. The van der Waals surface area contributed by atoms with E-state index in [4.69, 9.17) is 5.73 Å². The Balaban J connectivity index is 2.41. The molecule has 1 rings (SSSR count). The molecular formula is C9H19N. The maximum atomic E-state index is 5.87. The Labute approximate surface area is 64.0 Å². The highest BCUT2D eigenvalue weighted by molar-refractivity contribution is 4.83. The predicted octanol–water partition coefficient (Wildman–Crippen LogP) is 2.16. The Morgan fingerprint density at radius 3 is 1.80 bits per heavy atom. The number of rotatable bonds is 2. The Hall–Kier alpha value is -0.0400. The lowest BCUT2D eigenvalue weighted by molar-refractivity contribution is 0.367. The van der Waals surface area contributed by atoms with E-state index in [0.717, 1.165) is 11.8 Å². The van der Waals surface area contributed by atoms with Gasteiger partial charge in [0.05, 0.1) is 0 Å². The second-order valence-corrected chi connectivity index (χ2v) is 3.57. The molecule has 0 unspecified atom stereocenters. The van der Waals surface area contributed by atoms with E-state index in [1.54, 1.807) is 0 Å². The Morgan fingerprint density at radius 1 is 1.10 bits per heavy atom. The van der Waals surface area contributed by atoms with Gasteiger partial charge in [0, 0.05) is 6.04 Å². The molecule has 0 aromatic heterocycles. The van der Waals surface area contributed by atoms with Crippen molar-refractivity contribution < 1.29 is 0 Å². The van der Waals surface area contributed by atoms with Crippen molar-refractivity contribution in [3.05, 3.63) is 0 Å². The molecule has 2 N–H and O–H groups in total. The molecular weight excluding hydrogens is 122 g/mol. The van der Waals surface area contributed by atoms with Crippen LogP contribution in [0, 0.1) is 11.8 Å². The van der Waals surface area contributed by atoms with Crippen LogP contribution in [0.25, 0.3) is 0 Å². The maximum absolute atomic E-state index is 5.87. The number of hydrogen-bond donors (Lipinski definition) is 1. The number of hydrogen-bond acceptors (Lipinski definition) is 1. The van der Waals surface area contributed by atoms with Gasteiger partial charge in [0.15, 0.2) is 0 Å². The average Bonchev–Trinajstić information content (AvgIpc) is 2.30. The van der Waals surface area contributed by atoms with Crippen LogP contribution in [0.4, 0.5) is 0 Å². The molecule has 0 amide bonds. The molecule has 0 heterocycles. The Morgan fingerprint density at radius 2 is 1.50 bits per heavy atom. The third kappa shape index (κ3) is 1.51. The second-order valence-electron chi connectivity index (χ2n) is 3.57. The van der Waals surface area contributed by atoms with Gasteiger partial charge in [0.1, 0.15) is 0 Å². The van der Waals surface area contributed by atoms with Gasteiger partial charge in [-0.05, 0) is 24.7 Å². The van der Waals surface area contributed by atoms with Gasteiger partial charge in [-0.3, -0.25) is 0 Å². The van der Waals surface area contributed by atoms with Gasteiger partial charge in [0.25, 0.3) is 0 Å². The summed E-state index contributed by atoms with van der Waals surface area (Å²) in [4.78, 5) is 0. The van der Waals surface area contributed by atoms with Crippen LogP contribution >= 0.6 is 0 Å². The summed E-state index contributed by atoms with van der Waals surface area (Å²) >= 11 is 0. The lowest BCUT2D eigenvalue weighted by Crippen LogP contribution is -2.14. The zero-order valence-corrected chi connectivity index (χ0v) is 7.14. The fraction of sp³-hybridized carbons (Fsp3) is 1.00. The summed E-state index contributed by atoms with van der Waals surface area (Å²) in [6, 6.07) is 0.509. The average molecular weight is 141 g/mol. The molecule has 1 heteroatoms. The minimum atomic E-state index is 0.509. The van der Waals surface area contributed by atoms with E-state index in [1.165, 1.54) is 25.7 Å². The molecule has 0 radical (unpaired) electrons. The van der Waals surface area contributed by atoms with Crippen molar-refractivity contribution in [1.29, 1.82) is 0 Å². The minimum absolute atomic E-state index is 0.509. The summed E-state index contributed by atoms with van der Waals surface area (Å²) in [6.07, 6.45) is 5.20. The van der Waals surface area contributed by atoms with Gasteiger partial charge in [-0.2, -0.15) is 0 Å². The van der Waals surface area contributed by atoms with E-state index >= 15 is 0 Å². The summed E-state index contributed by atoms with van der Waals surface area (Å²) in [5.74, 6) is 1.86. The van der Waals surface area contributed by atoms with Crippen molar-refractivity contribution in [2.75, 3.05) is 0 Å². The van der Waals surface area contributed by atoms with E-state index in [2.05, 4.69) is 13.8 Å².